The van der Waals surface area contributed by atoms with Crippen LogP contribution in [0.3, 0.4) is 0 Å². The number of halogens is 1. The number of hydrogen-bond acceptors (Lipinski definition) is 2. The average Bonchev–Trinajstić information content (AvgIpc) is 2.16. The first-order valence-corrected chi connectivity index (χ1v) is 6.11. The molecule has 0 radical (unpaired) electrons. The van der Waals surface area contributed by atoms with Crippen LogP contribution in [0.4, 0.5) is 5.69 Å². The van der Waals surface area contributed by atoms with E-state index in [1.807, 2.05) is 0 Å². The zero-order valence-electron chi connectivity index (χ0n) is 9.91. The normalized spacial score (nSPS) is 13.1. The molecule has 0 spiro atoms. The van der Waals surface area contributed by atoms with Crippen molar-refractivity contribution < 1.29 is 5.11 Å². The summed E-state index contributed by atoms with van der Waals surface area (Å²) < 4.78 is 0. The Hall–Kier alpha value is -0.730. The average molecular weight is 242 g/mol. The molecular formula is C13H20ClNO. The van der Waals surface area contributed by atoms with Crippen LogP contribution in [0.1, 0.15) is 44.8 Å². The molecule has 3 heteroatoms. The topological polar surface area (TPSA) is 46.2 Å². The van der Waals surface area contributed by atoms with E-state index in [-0.39, 0.29) is 0 Å². The number of rotatable bonds is 5. The van der Waals surface area contributed by atoms with Crippen LogP contribution >= 0.6 is 11.6 Å². The number of aliphatic hydroxyl groups is 1. The Balaban J connectivity index is 2.55. The molecule has 0 heterocycles. The Morgan fingerprint density at radius 1 is 1.31 bits per heavy atom. The van der Waals surface area contributed by atoms with Crippen LogP contribution in [0.2, 0.25) is 5.02 Å². The molecular weight excluding hydrogens is 222 g/mol. The first kappa shape index (κ1) is 13.3. The molecule has 2 nitrogen and oxygen atoms in total. The Morgan fingerprint density at radius 2 is 2.00 bits per heavy atom. The highest BCUT2D eigenvalue weighted by atomic mass is 35.5. The van der Waals surface area contributed by atoms with E-state index in [0.29, 0.717) is 16.6 Å². The maximum Gasteiger partial charge on any atom is 0.0809 e. The lowest BCUT2D eigenvalue weighted by atomic mass is 9.99. The number of hydrogen-bond donors (Lipinski definition) is 2. The third-order valence-corrected chi connectivity index (χ3v) is 2.90. The molecule has 0 bridgehead atoms. The number of nitrogens with two attached hydrogens (primary N) is 1. The molecule has 0 fully saturated rings. The van der Waals surface area contributed by atoms with E-state index in [2.05, 4.69) is 13.8 Å². The van der Waals surface area contributed by atoms with E-state index in [1.54, 1.807) is 18.2 Å². The monoisotopic (exact) mass is 241 g/mol. The second kappa shape index (κ2) is 6.12. The molecule has 0 saturated carbocycles. The number of aliphatic hydroxyl groups excluding tert-OH is 1. The van der Waals surface area contributed by atoms with Crippen molar-refractivity contribution in [3.05, 3.63) is 28.8 Å². The summed E-state index contributed by atoms with van der Waals surface area (Å²) in [6, 6.07) is 5.25. The zero-order valence-corrected chi connectivity index (χ0v) is 10.7. The van der Waals surface area contributed by atoms with Crippen molar-refractivity contribution in [1.82, 2.24) is 0 Å². The minimum atomic E-state index is -0.476. The molecule has 0 aliphatic carbocycles. The van der Waals surface area contributed by atoms with Gasteiger partial charge in [0, 0.05) is 16.3 Å². The molecule has 0 aliphatic heterocycles. The fraction of sp³-hybridized carbons (Fsp3) is 0.538. The van der Waals surface area contributed by atoms with E-state index in [0.717, 1.165) is 24.8 Å². The summed E-state index contributed by atoms with van der Waals surface area (Å²) in [4.78, 5) is 0. The van der Waals surface area contributed by atoms with E-state index in [4.69, 9.17) is 17.3 Å². The molecule has 0 aliphatic rings. The predicted octanol–water partition coefficient (Wildman–Crippen LogP) is 3.78. The van der Waals surface area contributed by atoms with Crippen LogP contribution in [0.5, 0.6) is 0 Å². The highest BCUT2D eigenvalue weighted by Crippen LogP contribution is 2.27. The molecule has 3 N–H and O–H groups in total. The van der Waals surface area contributed by atoms with Crippen molar-refractivity contribution in [2.24, 2.45) is 5.92 Å². The quantitative estimate of drug-likeness (QED) is 0.771. The number of benzene rings is 1. The molecule has 1 aromatic carbocycles. The summed E-state index contributed by atoms with van der Waals surface area (Å²) in [6.07, 6.45) is 2.42. The van der Waals surface area contributed by atoms with Crippen molar-refractivity contribution in [1.29, 1.82) is 0 Å². The SMILES string of the molecule is CC(C)CCCC(O)c1ccc(Cl)cc1N. The minimum Gasteiger partial charge on any atom is -0.398 e. The van der Waals surface area contributed by atoms with Crippen LogP contribution < -0.4 is 5.73 Å². The van der Waals surface area contributed by atoms with E-state index >= 15 is 0 Å². The summed E-state index contributed by atoms with van der Waals surface area (Å²) in [7, 11) is 0. The molecule has 0 amide bonds. The summed E-state index contributed by atoms with van der Waals surface area (Å²) in [6.45, 7) is 4.37. The second-order valence-corrected chi connectivity index (χ2v) is 5.05. The Morgan fingerprint density at radius 3 is 2.56 bits per heavy atom. The van der Waals surface area contributed by atoms with Gasteiger partial charge in [0.2, 0.25) is 0 Å². The smallest absolute Gasteiger partial charge is 0.0809 e. The van der Waals surface area contributed by atoms with Crippen molar-refractivity contribution in [3.63, 3.8) is 0 Å². The summed E-state index contributed by atoms with van der Waals surface area (Å²) in [5.41, 5.74) is 7.17. The standard InChI is InChI=1S/C13H20ClNO/c1-9(2)4-3-5-13(16)11-7-6-10(14)8-12(11)15/h6-9,13,16H,3-5,15H2,1-2H3. The summed E-state index contributed by atoms with van der Waals surface area (Å²) in [5, 5.41) is 10.6. The second-order valence-electron chi connectivity index (χ2n) is 4.61. The molecule has 16 heavy (non-hydrogen) atoms. The largest absolute Gasteiger partial charge is 0.398 e. The lowest BCUT2D eigenvalue weighted by Crippen LogP contribution is -2.02. The van der Waals surface area contributed by atoms with Gasteiger partial charge in [0.05, 0.1) is 6.10 Å². The van der Waals surface area contributed by atoms with Gasteiger partial charge < -0.3 is 10.8 Å². The lowest BCUT2D eigenvalue weighted by Gasteiger charge is -2.14. The molecule has 1 atom stereocenters. The van der Waals surface area contributed by atoms with Crippen LogP contribution in [-0.2, 0) is 0 Å². The first-order chi connectivity index (χ1) is 7.50. The molecule has 1 unspecified atom stereocenters. The molecule has 1 rings (SSSR count). The van der Waals surface area contributed by atoms with Gasteiger partial charge >= 0.3 is 0 Å². The Labute approximate surface area is 102 Å². The van der Waals surface area contributed by atoms with Gasteiger partial charge in [-0.15, -0.1) is 0 Å². The number of anilines is 1. The lowest BCUT2D eigenvalue weighted by molar-refractivity contribution is 0.163. The fourth-order valence-electron chi connectivity index (χ4n) is 1.72. The summed E-state index contributed by atoms with van der Waals surface area (Å²) >= 11 is 5.81. The van der Waals surface area contributed by atoms with Crippen molar-refractivity contribution in [2.75, 3.05) is 5.73 Å². The maximum atomic E-state index is 9.98. The van der Waals surface area contributed by atoms with Crippen LogP contribution in [0.15, 0.2) is 18.2 Å². The van der Waals surface area contributed by atoms with E-state index in [9.17, 15) is 5.11 Å². The highest BCUT2D eigenvalue weighted by molar-refractivity contribution is 6.30. The van der Waals surface area contributed by atoms with Gasteiger partial charge in [0.15, 0.2) is 0 Å². The summed E-state index contributed by atoms with van der Waals surface area (Å²) in [5.74, 6) is 0.676. The van der Waals surface area contributed by atoms with Crippen molar-refractivity contribution in [2.45, 2.75) is 39.2 Å². The Kier molecular flexibility index (Phi) is 5.10. The minimum absolute atomic E-state index is 0.476. The molecule has 1 aromatic rings. The van der Waals surface area contributed by atoms with Gasteiger partial charge in [-0.3, -0.25) is 0 Å². The van der Waals surface area contributed by atoms with Gasteiger partial charge in [-0.05, 0) is 24.5 Å². The fourth-order valence-corrected chi connectivity index (χ4v) is 1.90. The predicted molar refractivity (Wildman–Crippen MR) is 69.5 cm³/mol. The van der Waals surface area contributed by atoms with E-state index < -0.39 is 6.10 Å². The highest BCUT2D eigenvalue weighted by Gasteiger charge is 2.11. The van der Waals surface area contributed by atoms with Gasteiger partial charge in [-0.2, -0.15) is 0 Å². The molecule has 90 valence electrons. The van der Waals surface area contributed by atoms with Gasteiger partial charge in [-0.25, -0.2) is 0 Å². The maximum absolute atomic E-state index is 9.98. The third kappa shape index (κ3) is 4.03. The number of nitrogen functional groups attached to an aromatic ring is 1. The molecule has 0 saturated heterocycles. The van der Waals surface area contributed by atoms with Crippen LogP contribution in [0.25, 0.3) is 0 Å². The third-order valence-electron chi connectivity index (χ3n) is 2.67. The van der Waals surface area contributed by atoms with Crippen LogP contribution in [0, 0.1) is 5.92 Å². The van der Waals surface area contributed by atoms with E-state index in [1.165, 1.54) is 0 Å². The zero-order chi connectivity index (χ0) is 12.1. The van der Waals surface area contributed by atoms with Crippen molar-refractivity contribution >= 4 is 17.3 Å². The van der Waals surface area contributed by atoms with Gasteiger partial charge in [-0.1, -0.05) is 44.4 Å². The first-order valence-electron chi connectivity index (χ1n) is 5.73. The van der Waals surface area contributed by atoms with Gasteiger partial charge in [0.25, 0.3) is 0 Å². The van der Waals surface area contributed by atoms with Gasteiger partial charge in [0.1, 0.15) is 0 Å². The van der Waals surface area contributed by atoms with Crippen LogP contribution in [-0.4, -0.2) is 5.11 Å². The molecule has 0 aromatic heterocycles. The Bertz CT molecular complexity index is 339. The van der Waals surface area contributed by atoms with Crippen molar-refractivity contribution in [3.8, 4) is 0 Å².